The molecule has 0 aliphatic heterocycles. The van der Waals surface area contributed by atoms with E-state index in [1.54, 1.807) is 4.90 Å². The normalized spacial score (nSPS) is 14.3. The van der Waals surface area contributed by atoms with E-state index in [1.165, 1.54) is 5.57 Å². The van der Waals surface area contributed by atoms with Crippen molar-refractivity contribution in [2.75, 3.05) is 30.0 Å². The molecule has 0 radical (unpaired) electrons. The highest BCUT2D eigenvalue weighted by Crippen LogP contribution is 2.19. The molecule has 1 heterocycles. The lowest BCUT2D eigenvalue weighted by molar-refractivity contribution is 0.966. The molecule has 6 heteroatoms. The summed E-state index contributed by atoms with van der Waals surface area (Å²) >= 11 is 0. The summed E-state index contributed by atoms with van der Waals surface area (Å²) in [6.45, 7) is 2.07. The third-order valence-electron chi connectivity index (χ3n) is 2.46. The van der Waals surface area contributed by atoms with Gasteiger partial charge in [-0.05, 0) is 25.0 Å². The van der Waals surface area contributed by atoms with Gasteiger partial charge in [-0.2, -0.15) is 15.0 Å². The average Bonchev–Trinajstić information content (AvgIpc) is 2.63. The summed E-state index contributed by atoms with van der Waals surface area (Å²) in [5.41, 5.74) is 7.93. The highest BCUT2D eigenvalue weighted by atomic mass is 15.3. The molecular formula is C11H16N6. The lowest BCUT2D eigenvalue weighted by Gasteiger charge is -2.12. The van der Waals surface area contributed by atoms with E-state index in [-0.39, 0.29) is 5.95 Å². The maximum absolute atomic E-state index is 5.64. The number of nitrogens with two attached hydrogens (primary N) is 1. The Morgan fingerprint density at radius 2 is 2.06 bits per heavy atom. The first-order chi connectivity index (χ1) is 8.06. The topological polar surface area (TPSA) is 80.0 Å². The Labute approximate surface area is 100 Å². The van der Waals surface area contributed by atoms with Gasteiger partial charge in [0.25, 0.3) is 0 Å². The molecule has 2 rings (SSSR count). The molecular weight excluding hydrogens is 216 g/mol. The standard InChI is InChI=1S/C11H16N6/c1-7-5-4-6-8(7)13-10-14-9(12)15-11(16-10)17(2)3/h4,6H,5H2,1-3H3,(H3,12,13,14,15,16). The molecule has 0 spiro atoms. The zero-order valence-corrected chi connectivity index (χ0v) is 10.2. The minimum atomic E-state index is 0.214. The molecule has 0 bridgehead atoms. The largest absolute Gasteiger partial charge is 0.368 e. The number of anilines is 3. The van der Waals surface area contributed by atoms with Crippen LogP contribution in [0.2, 0.25) is 0 Å². The lowest BCUT2D eigenvalue weighted by Crippen LogP contribution is -2.16. The van der Waals surface area contributed by atoms with Gasteiger partial charge in [0.15, 0.2) is 0 Å². The summed E-state index contributed by atoms with van der Waals surface area (Å²) in [6, 6.07) is 0. The third kappa shape index (κ3) is 2.52. The SMILES string of the molecule is CC1=C(Nc2nc(N)nc(N(C)C)n2)C=CC1. The zero-order valence-electron chi connectivity index (χ0n) is 10.2. The highest BCUT2D eigenvalue weighted by molar-refractivity contribution is 5.49. The maximum atomic E-state index is 5.64. The minimum Gasteiger partial charge on any atom is -0.368 e. The first kappa shape index (κ1) is 11.4. The van der Waals surface area contributed by atoms with Crippen molar-refractivity contribution in [3.8, 4) is 0 Å². The molecule has 6 nitrogen and oxygen atoms in total. The smallest absolute Gasteiger partial charge is 0.233 e. The number of rotatable bonds is 3. The van der Waals surface area contributed by atoms with Gasteiger partial charge in [0.2, 0.25) is 17.8 Å². The minimum absolute atomic E-state index is 0.214. The number of nitrogen functional groups attached to an aromatic ring is 1. The van der Waals surface area contributed by atoms with E-state index in [2.05, 4.69) is 33.3 Å². The molecule has 17 heavy (non-hydrogen) atoms. The summed E-state index contributed by atoms with van der Waals surface area (Å²) in [7, 11) is 3.72. The zero-order chi connectivity index (χ0) is 12.4. The quantitative estimate of drug-likeness (QED) is 0.814. The Hall–Kier alpha value is -2.11. The second-order valence-electron chi connectivity index (χ2n) is 4.14. The fraction of sp³-hybridized carbons (Fsp3) is 0.364. The average molecular weight is 232 g/mol. The van der Waals surface area contributed by atoms with Gasteiger partial charge >= 0.3 is 0 Å². The van der Waals surface area contributed by atoms with E-state index < -0.39 is 0 Å². The van der Waals surface area contributed by atoms with Crippen LogP contribution in [-0.4, -0.2) is 29.0 Å². The number of hydrogen-bond donors (Lipinski definition) is 2. The molecule has 0 fully saturated rings. The molecule has 1 aromatic heterocycles. The first-order valence-electron chi connectivity index (χ1n) is 5.38. The predicted molar refractivity (Wildman–Crippen MR) is 68.6 cm³/mol. The van der Waals surface area contributed by atoms with Crippen molar-refractivity contribution in [2.45, 2.75) is 13.3 Å². The van der Waals surface area contributed by atoms with E-state index >= 15 is 0 Å². The molecule has 90 valence electrons. The van der Waals surface area contributed by atoms with Crippen molar-refractivity contribution < 1.29 is 0 Å². The molecule has 0 unspecified atom stereocenters. The van der Waals surface area contributed by atoms with Crippen molar-refractivity contribution in [3.05, 3.63) is 23.4 Å². The van der Waals surface area contributed by atoms with Gasteiger partial charge in [-0.3, -0.25) is 0 Å². The number of aromatic nitrogens is 3. The summed E-state index contributed by atoms with van der Waals surface area (Å²) in [5, 5.41) is 3.15. The lowest BCUT2D eigenvalue weighted by atomic mass is 10.2. The van der Waals surface area contributed by atoms with Gasteiger partial charge in [-0.15, -0.1) is 0 Å². The van der Waals surface area contributed by atoms with Gasteiger partial charge < -0.3 is 16.0 Å². The monoisotopic (exact) mass is 232 g/mol. The van der Waals surface area contributed by atoms with Crippen LogP contribution < -0.4 is 16.0 Å². The molecule has 1 aromatic rings. The summed E-state index contributed by atoms with van der Waals surface area (Å²) in [4.78, 5) is 14.2. The fourth-order valence-corrected chi connectivity index (χ4v) is 1.51. The van der Waals surface area contributed by atoms with Crippen molar-refractivity contribution in [1.82, 2.24) is 15.0 Å². The molecule has 0 amide bonds. The molecule has 0 saturated carbocycles. The van der Waals surface area contributed by atoms with Gasteiger partial charge in [0.05, 0.1) is 0 Å². The first-order valence-corrected chi connectivity index (χ1v) is 5.38. The number of nitrogens with zero attached hydrogens (tertiary/aromatic N) is 4. The molecule has 1 aliphatic carbocycles. The Balaban J connectivity index is 2.27. The van der Waals surface area contributed by atoms with Gasteiger partial charge in [-0.1, -0.05) is 6.08 Å². The van der Waals surface area contributed by atoms with Crippen molar-refractivity contribution in [2.24, 2.45) is 0 Å². The Morgan fingerprint density at radius 1 is 1.29 bits per heavy atom. The number of nitrogens with one attached hydrogen (secondary N) is 1. The van der Waals surface area contributed by atoms with Crippen LogP contribution in [0.25, 0.3) is 0 Å². The maximum Gasteiger partial charge on any atom is 0.233 e. The number of hydrogen-bond acceptors (Lipinski definition) is 6. The van der Waals surface area contributed by atoms with Crippen LogP contribution >= 0.6 is 0 Å². The second-order valence-corrected chi connectivity index (χ2v) is 4.14. The van der Waals surface area contributed by atoms with E-state index in [0.717, 1.165) is 12.1 Å². The van der Waals surface area contributed by atoms with Crippen molar-refractivity contribution in [1.29, 1.82) is 0 Å². The van der Waals surface area contributed by atoms with Crippen LogP contribution in [0.1, 0.15) is 13.3 Å². The van der Waals surface area contributed by atoms with Gasteiger partial charge in [0, 0.05) is 19.8 Å². The second kappa shape index (κ2) is 4.40. The van der Waals surface area contributed by atoms with E-state index in [1.807, 2.05) is 20.2 Å². The Kier molecular flexibility index (Phi) is 2.95. The molecule has 0 atom stereocenters. The van der Waals surface area contributed by atoms with E-state index in [4.69, 9.17) is 5.73 Å². The molecule has 3 N–H and O–H groups in total. The van der Waals surface area contributed by atoms with E-state index in [0.29, 0.717) is 11.9 Å². The molecule has 0 saturated heterocycles. The summed E-state index contributed by atoms with van der Waals surface area (Å²) in [5.74, 6) is 1.23. The van der Waals surface area contributed by atoms with Crippen LogP contribution in [0.15, 0.2) is 23.4 Å². The molecule has 1 aliphatic rings. The van der Waals surface area contributed by atoms with Crippen molar-refractivity contribution >= 4 is 17.8 Å². The van der Waals surface area contributed by atoms with E-state index in [9.17, 15) is 0 Å². The van der Waals surface area contributed by atoms with Crippen LogP contribution in [0.5, 0.6) is 0 Å². The summed E-state index contributed by atoms with van der Waals surface area (Å²) < 4.78 is 0. The van der Waals surface area contributed by atoms with Crippen LogP contribution in [0.4, 0.5) is 17.8 Å². The Morgan fingerprint density at radius 3 is 2.65 bits per heavy atom. The number of allylic oxidation sites excluding steroid dienone is 3. The Bertz CT molecular complexity index is 489. The fourth-order valence-electron chi connectivity index (χ4n) is 1.51. The summed E-state index contributed by atoms with van der Waals surface area (Å²) in [6.07, 6.45) is 5.07. The van der Waals surface area contributed by atoms with Crippen LogP contribution in [0, 0.1) is 0 Å². The highest BCUT2D eigenvalue weighted by Gasteiger charge is 2.09. The van der Waals surface area contributed by atoms with Crippen molar-refractivity contribution in [3.63, 3.8) is 0 Å². The third-order valence-corrected chi connectivity index (χ3v) is 2.46. The van der Waals surface area contributed by atoms with Gasteiger partial charge in [0.1, 0.15) is 0 Å². The van der Waals surface area contributed by atoms with Gasteiger partial charge in [-0.25, -0.2) is 0 Å². The van der Waals surface area contributed by atoms with Crippen LogP contribution in [0.3, 0.4) is 0 Å². The molecule has 0 aromatic carbocycles. The van der Waals surface area contributed by atoms with Crippen LogP contribution in [-0.2, 0) is 0 Å². The predicted octanol–water partition coefficient (Wildman–Crippen LogP) is 1.17.